The zero-order chi connectivity index (χ0) is 13.5. The van der Waals surface area contributed by atoms with E-state index in [2.05, 4.69) is 15.0 Å². The maximum atomic E-state index is 5.88. The van der Waals surface area contributed by atoms with Crippen molar-refractivity contribution in [1.82, 2.24) is 15.0 Å². The molecule has 7 heteroatoms. The summed E-state index contributed by atoms with van der Waals surface area (Å²) in [4.78, 5) is 7.82. The van der Waals surface area contributed by atoms with Crippen LogP contribution in [0.1, 0.15) is 24.8 Å². The average molecular weight is 292 g/mol. The van der Waals surface area contributed by atoms with Gasteiger partial charge in [-0.2, -0.15) is 4.98 Å². The maximum absolute atomic E-state index is 5.88. The number of hydrogen-bond acceptors (Lipinski definition) is 7. The number of aromatic nitrogens is 2. The first kappa shape index (κ1) is 12.3. The molecule has 4 rings (SSSR count). The summed E-state index contributed by atoms with van der Waals surface area (Å²) in [6.45, 7) is 2.77. The summed E-state index contributed by atoms with van der Waals surface area (Å²) >= 11 is 1.45. The molecule has 0 bridgehead atoms. The Morgan fingerprint density at radius 3 is 3.20 bits per heavy atom. The van der Waals surface area contributed by atoms with Crippen molar-refractivity contribution in [2.24, 2.45) is 0 Å². The van der Waals surface area contributed by atoms with E-state index < -0.39 is 0 Å². The Bertz CT molecular complexity index is 611. The molecule has 2 aromatic heterocycles. The number of hydrogen-bond donors (Lipinski definition) is 1. The molecule has 0 spiro atoms. The van der Waals surface area contributed by atoms with Crippen molar-refractivity contribution in [2.45, 2.75) is 25.0 Å². The molecule has 0 saturated carbocycles. The molecule has 2 aliphatic heterocycles. The monoisotopic (exact) mass is 292 g/mol. The van der Waals surface area contributed by atoms with E-state index >= 15 is 0 Å². The van der Waals surface area contributed by atoms with E-state index in [0.29, 0.717) is 17.8 Å². The van der Waals surface area contributed by atoms with E-state index in [-0.39, 0.29) is 6.10 Å². The largest absolute Gasteiger partial charge is 0.391 e. The zero-order valence-electron chi connectivity index (χ0n) is 11.0. The lowest BCUT2D eigenvalue weighted by atomic mass is 10.2. The highest BCUT2D eigenvalue weighted by Crippen LogP contribution is 2.32. The molecule has 0 amide bonds. The van der Waals surface area contributed by atoms with E-state index in [1.807, 2.05) is 12.1 Å². The third-order valence-corrected chi connectivity index (χ3v) is 4.86. The summed E-state index contributed by atoms with van der Waals surface area (Å²) in [5.74, 6) is 1.16. The first-order chi connectivity index (χ1) is 9.79. The van der Waals surface area contributed by atoms with Gasteiger partial charge in [0.15, 0.2) is 0 Å². The minimum absolute atomic E-state index is 0.0841. The van der Waals surface area contributed by atoms with E-state index in [4.69, 9.17) is 15.0 Å². The summed E-state index contributed by atoms with van der Waals surface area (Å²) < 4.78 is 11.2. The summed E-state index contributed by atoms with van der Waals surface area (Å²) in [5, 5.41) is 4.81. The zero-order valence-corrected chi connectivity index (χ0v) is 11.8. The summed E-state index contributed by atoms with van der Waals surface area (Å²) in [5.41, 5.74) is 5.72. The number of rotatable bonds is 2. The molecule has 106 valence electrons. The van der Waals surface area contributed by atoms with Gasteiger partial charge in [0.2, 0.25) is 5.82 Å². The van der Waals surface area contributed by atoms with Crippen molar-refractivity contribution in [2.75, 3.05) is 25.4 Å². The molecule has 2 aliphatic rings. The number of ether oxygens (including phenoxy) is 1. The second-order valence-corrected chi connectivity index (χ2v) is 6.39. The van der Waals surface area contributed by atoms with Gasteiger partial charge >= 0.3 is 0 Å². The highest BCUT2D eigenvalue weighted by atomic mass is 32.1. The van der Waals surface area contributed by atoms with Crippen molar-refractivity contribution in [3.63, 3.8) is 0 Å². The Morgan fingerprint density at radius 1 is 1.40 bits per heavy atom. The number of nitrogen functional groups attached to an aromatic ring is 1. The van der Waals surface area contributed by atoms with Crippen molar-refractivity contribution in [1.29, 1.82) is 0 Å². The van der Waals surface area contributed by atoms with Gasteiger partial charge in [0.25, 0.3) is 5.89 Å². The molecule has 2 atom stereocenters. The molecular weight excluding hydrogens is 276 g/mol. The number of morpholine rings is 1. The molecule has 2 N–H and O–H groups in total. The van der Waals surface area contributed by atoms with Crippen LogP contribution in [0.2, 0.25) is 0 Å². The maximum Gasteiger partial charge on any atom is 0.268 e. The van der Waals surface area contributed by atoms with E-state index in [0.717, 1.165) is 29.6 Å². The third kappa shape index (κ3) is 2.11. The van der Waals surface area contributed by atoms with Gasteiger partial charge in [-0.15, -0.1) is 11.3 Å². The number of nitrogens with two attached hydrogens (primary N) is 1. The van der Waals surface area contributed by atoms with Crippen LogP contribution in [-0.2, 0) is 4.74 Å². The highest BCUT2D eigenvalue weighted by Gasteiger charge is 2.34. The van der Waals surface area contributed by atoms with Crippen molar-refractivity contribution in [3.8, 4) is 10.8 Å². The van der Waals surface area contributed by atoms with Gasteiger partial charge in [-0.25, -0.2) is 0 Å². The average Bonchev–Trinajstić information content (AvgIpc) is 3.17. The van der Waals surface area contributed by atoms with Gasteiger partial charge in [-0.1, -0.05) is 5.16 Å². The molecule has 20 heavy (non-hydrogen) atoms. The predicted octanol–water partition coefficient (Wildman–Crippen LogP) is 1.92. The molecule has 4 heterocycles. The molecular formula is C13H16N4O2S. The smallest absolute Gasteiger partial charge is 0.268 e. The lowest BCUT2D eigenvalue weighted by Gasteiger charge is -2.33. The molecule has 0 aromatic carbocycles. The van der Waals surface area contributed by atoms with Crippen LogP contribution in [0.25, 0.3) is 10.8 Å². The summed E-state index contributed by atoms with van der Waals surface area (Å²) in [6, 6.07) is 4.32. The van der Waals surface area contributed by atoms with Crippen LogP contribution in [0.4, 0.5) is 5.00 Å². The molecule has 0 radical (unpaired) electrons. The minimum atomic E-state index is -0.0841. The highest BCUT2D eigenvalue weighted by molar-refractivity contribution is 7.19. The minimum Gasteiger partial charge on any atom is -0.391 e. The first-order valence-corrected chi connectivity index (χ1v) is 7.66. The standard InChI is InChI=1S/C13H16N4O2S/c14-11-4-3-10(20-11)13-15-12(16-19-13)9-6-17-5-1-2-8(17)7-18-9/h3-4,8-9H,1-2,5-7,14H2. The Labute approximate surface area is 120 Å². The Morgan fingerprint density at radius 2 is 2.35 bits per heavy atom. The van der Waals surface area contributed by atoms with Crippen LogP contribution in [0, 0.1) is 0 Å². The van der Waals surface area contributed by atoms with Crippen LogP contribution in [0.15, 0.2) is 16.7 Å². The van der Waals surface area contributed by atoms with Gasteiger partial charge in [-0.05, 0) is 31.5 Å². The molecule has 2 aromatic rings. The van der Waals surface area contributed by atoms with Crippen molar-refractivity contribution >= 4 is 16.3 Å². The molecule has 2 unspecified atom stereocenters. The molecule has 2 fully saturated rings. The van der Waals surface area contributed by atoms with Crippen LogP contribution in [-0.4, -0.2) is 40.8 Å². The number of thiophene rings is 1. The van der Waals surface area contributed by atoms with Gasteiger partial charge in [0.1, 0.15) is 6.10 Å². The van der Waals surface area contributed by atoms with Crippen molar-refractivity contribution < 1.29 is 9.26 Å². The normalized spacial score (nSPS) is 26.8. The van der Waals surface area contributed by atoms with Crippen molar-refractivity contribution in [3.05, 3.63) is 18.0 Å². The number of fused-ring (bicyclic) bond motifs is 1. The molecule has 2 saturated heterocycles. The fourth-order valence-corrected chi connectivity index (χ4v) is 3.60. The number of nitrogens with zero attached hydrogens (tertiary/aromatic N) is 3. The van der Waals surface area contributed by atoms with E-state index in [9.17, 15) is 0 Å². The fourth-order valence-electron chi connectivity index (χ4n) is 2.91. The second-order valence-electron chi connectivity index (χ2n) is 5.27. The Hall–Kier alpha value is -1.44. The second kappa shape index (κ2) is 4.83. The third-order valence-electron chi connectivity index (χ3n) is 3.96. The van der Waals surface area contributed by atoms with Gasteiger partial charge in [-0.3, -0.25) is 4.90 Å². The number of anilines is 1. The summed E-state index contributed by atoms with van der Waals surface area (Å²) in [7, 11) is 0. The first-order valence-electron chi connectivity index (χ1n) is 6.84. The topological polar surface area (TPSA) is 77.4 Å². The fraction of sp³-hybridized carbons (Fsp3) is 0.538. The van der Waals surface area contributed by atoms with Crippen LogP contribution >= 0.6 is 11.3 Å². The lowest BCUT2D eigenvalue weighted by molar-refractivity contribution is -0.0548. The van der Waals surface area contributed by atoms with Crippen LogP contribution in [0.5, 0.6) is 0 Å². The SMILES string of the molecule is Nc1ccc(-c2nc(C3CN4CCCC4CO3)no2)s1. The predicted molar refractivity (Wildman–Crippen MR) is 75.3 cm³/mol. The van der Waals surface area contributed by atoms with Gasteiger partial charge in [0, 0.05) is 12.6 Å². The van der Waals surface area contributed by atoms with Crippen LogP contribution in [0.3, 0.4) is 0 Å². The Balaban J connectivity index is 1.53. The Kier molecular flexibility index (Phi) is 2.98. The quantitative estimate of drug-likeness (QED) is 0.911. The molecule has 0 aliphatic carbocycles. The molecule has 6 nitrogen and oxygen atoms in total. The summed E-state index contributed by atoms with van der Waals surface area (Å²) in [6.07, 6.45) is 2.41. The van der Waals surface area contributed by atoms with Gasteiger partial charge < -0.3 is 15.0 Å². The van der Waals surface area contributed by atoms with Crippen LogP contribution < -0.4 is 5.73 Å². The van der Waals surface area contributed by atoms with E-state index in [1.54, 1.807) is 0 Å². The van der Waals surface area contributed by atoms with E-state index in [1.165, 1.54) is 24.2 Å². The lowest BCUT2D eigenvalue weighted by Crippen LogP contribution is -2.42. The van der Waals surface area contributed by atoms with Gasteiger partial charge in [0.05, 0.1) is 16.5 Å².